The van der Waals surface area contributed by atoms with Gasteiger partial charge in [-0.3, -0.25) is 9.59 Å². The van der Waals surface area contributed by atoms with Crippen molar-refractivity contribution in [2.75, 3.05) is 12.3 Å². The number of rotatable bonds is 7. The molecule has 110 valence electrons. The summed E-state index contributed by atoms with van der Waals surface area (Å²) in [5.41, 5.74) is 0. The standard InChI is InChI=1S/C4H6O4.2C4H11P/c5-3(6)1-2-4(7)8;2*1-2-3-4-5/h1-2H2,(H,5,6)(H,7,8);2*2-5H2,1H3. The second kappa shape index (κ2) is 22.0. The first-order valence-electron chi connectivity index (χ1n) is 6.29. The first kappa shape index (κ1) is 22.9. The first-order valence-corrected chi connectivity index (χ1v) is 7.93. The van der Waals surface area contributed by atoms with Crippen molar-refractivity contribution in [2.45, 2.75) is 52.4 Å². The zero-order valence-electron chi connectivity index (χ0n) is 11.5. The Labute approximate surface area is 115 Å². The van der Waals surface area contributed by atoms with E-state index in [9.17, 15) is 9.59 Å². The van der Waals surface area contributed by atoms with E-state index in [1.807, 2.05) is 0 Å². The van der Waals surface area contributed by atoms with Crippen LogP contribution in [0, 0.1) is 0 Å². The summed E-state index contributed by atoms with van der Waals surface area (Å²) in [6, 6.07) is 0. The minimum Gasteiger partial charge on any atom is -0.481 e. The molecule has 4 nitrogen and oxygen atoms in total. The summed E-state index contributed by atoms with van der Waals surface area (Å²) < 4.78 is 0. The molecule has 0 rings (SSSR count). The highest BCUT2D eigenvalue weighted by Gasteiger charge is 2.00. The van der Waals surface area contributed by atoms with E-state index in [1.54, 1.807) is 0 Å². The number of unbranched alkanes of at least 4 members (excludes halogenated alkanes) is 2. The average Bonchev–Trinajstić information content (AvgIpc) is 2.30. The molecule has 0 saturated carbocycles. The van der Waals surface area contributed by atoms with Crippen molar-refractivity contribution in [3.63, 3.8) is 0 Å². The summed E-state index contributed by atoms with van der Waals surface area (Å²) in [7, 11) is 5.40. The van der Waals surface area contributed by atoms with Crippen LogP contribution in [-0.4, -0.2) is 34.5 Å². The lowest BCUT2D eigenvalue weighted by atomic mass is 10.3. The Balaban J connectivity index is -0.000000197. The fourth-order valence-corrected chi connectivity index (χ4v) is 1.44. The molecule has 0 aromatic heterocycles. The largest absolute Gasteiger partial charge is 0.481 e. The van der Waals surface area contributed by atoms with E-state index in [1.165, 1.54) is 38.0 Å². The van der Waals surface area contributed by atoms with E-state index in [2.05, 4.69) is 32.3 Å². The average molecular weight is 298 g/mol. The molecule has 0 aromatic rings. The smallest absolute Gasteiger partial charge is 0.303 e. The maximum atomic E-state index is 9.64. The SMILES string of the molecule is CCCCP.CCCCP.O=C(O)CCC(=O)O. The lowest BCUT2D eigenvalue weighted by Crippen LogP contribution is -2.00. The normalized spacial score (nSPS) is 8.44. The van der Waals surface area contributed by atoms with Crippen LogP contribution in [0.15, 0.2) is 0 Å². The van der Waals surface area contributed by atoms with E-state index in [4.69, 9.17) is 10.2 Å². The van der Waals surface area contributed by atoms with E-state index < -0.39 is 11.9 Å². The van der Waals surface area contributed by atoms with Crippen LogP contribution in [0.5, 0.6) is 0 Å². The molecule has 0 radical (unpaired) electrons. The van der Waals surface area contributed by atoms with E-state index in [-0.39, 0.29) is 12.8 Å². The molecule has 0 bridgehead atoms. The Morgan fingerprint density at radius 3 is 1.17 bits per heavy atom. The molecule has 0 fully saturated rings. The molecule has 2 unspecified atom stereocenters. The number of aliphatic carboxylic acids is 2. The molecule has 0 saturated heterocycles. The highest BCUT2D eigenvalue weighted by molar-refractivity contribution is 7.16. The third kappa shape index (κ3) is 44.7. The molecule has 0 aliphatic carbocycles. The van der Waals surface area contributed by atoms with Gasteiger partial charge in [-0.25, -0.2) is 0 Å². The molecule has 0 aromatic carbocycles. The number of hydrogen-bond donors (Lipinski definition) is 2. The second-order valence-corrected chi connectivity index (χ2v) is 4.73. The van der Waals surface area contributed by atoms with Gasteiger partial charge in [-0.05, 0) is 12.3 Å². The van der Waals surface area contributed by atoms with Crippen LogP contribution >= 0.6 is 18.5 Å². The zero-order chi connectivity index (χ0) is 14.8. The van der Waals surface area contributed by atoms with E-state index in [0.717, 1.165) is 0 Å². The van der Waals surface area contributed by atoms with Crippen LogP contribution in [0.25, 0.3) is 0 Å². The number of carbonyl (C=O) groups is 2. The molecule has 0 spiro atoms. The van der Waals surface area contributed by atoms with Gasteiger partial charge in [0, 0.05) is 0 Å². The summed E-state index contributed by atoms with van der Waals surface area (Å²) in [4.78, 5) is 19.3. The third-order valence-electron chi connectivity index (χ3n) is 1.67. The maximum Gasteiger partial charge on any atom is 0.303 e. The fraction of sp³-hybridized carbons (Fsp3) is 0.833. The highest BCUT2D eigenvalue weighted by atomic mass is 31.0. The lowest BCUT2D eigenvalue weighted by molar-refractivity contribution is -0.143. The van der Waals surface area contributed by atoms with Gasteiger partial charge in [0.25, 0.3) is 0 Å². The Kier molecular flexibility index (Phi) is 28.1. The van der Waals surface area contributed by atoms with Crippen LogP contribution < -0.4 is 0 Å². The van der Waals surface area contributed by atoms with Gasteiger partial charge >= 0.3 is 11.9 Å². The maximum absolute atomic E-state index is 9.64. The Hall–Kier alpha value is -0.200. The summed E-state index contributed by atoms with van der Waals surface area (Å²) in [6.45, 7) is 4.40. The van der Waals surface area contributed by atoms with Crippen LogP contribution in [0.4, 0.5) is 0 Å². The Morgan fingerprint density at radius 2 is 1.11 bits per heavy atom. The van der Waals surface area contributed by atoms with Gasteiger partial charge in [0.05, 0.1) is 12.8 Å². The van der Waals surface area contributed by atoms with Crippen LogP contribution in [0.3, 0.4) is 0 Å². The monoisotopic (exact) mass is 298 g/mol. The number of carboxylic acid groups (broad SMARTS) is 2. The molecular weight excluding hydrogens is 270 g/mol. The minimum absolute atomic E-state index is 0.296. The van der Waals surface area contributed by atoms with Gasteiger partial charge in [-0.1, -0.05) is 39.5 Å². The van der Waals surface area contributed by atoms with Crippen LogP contribution in [0.2, 0.25) is 0 Å². The minimum atomic E-state index is -1.08. The van der Waals surface area contributed by atoms with Crippen molar-refractivity contribution in [3.8, 4) is 0 Å². The van der Waals surface area contributed by atoms with Crippen LogP contribution in [0.1, 0.15) is 52.4 Å². The lowest BCUT2D eigenvalue weighted by Gasteiger charge is -1.85. The van der Waals surface area contributed by atoms with E-state index >= 15 is 0 Å². The summed E-state index contributed by atoms with van der Waals surface area (Å²) >= 11 is 0. The van der Waals surface area contributed by atoms with Gasteiger partial charge in [-0.2, -0.15) is 0 Å². The third-order valence-corrected chi connectivity index (χ3v) is 2.48. The van der Waals surface area contributed by atoms with Crippen LogP contribution in [-0.2, 0) is 9.59 Å². The summed E-state index contributed by atoms with van der Waals surface area (Å²) in [5.74, 6) is -2.15. The van der Waals surface area contributed by atoms with Crippen molar-refractivity contribution in [3.05, 3.63) is 0 Å². The molecule has 2 N–H and O–H groups in total. The number of hydrogen-bond acceptors (Lipinski definition) is 2. The van der Waals surface area contributed by atoms with Gasteiger partial charge in [0.1, 0.15) is 0 Å². The topological polar surface area (TPSA) is 74.6 Å². The van der Waals surface area contributed by atoms with Crippen molar-refractivity contribution >= 4 is 30.4 Å². The predicted molar refractivity (Wildman–Crippen MR) is 83.5 cm³/mol. The highest BCUT2D eigenvalue weighted by Crippen LogP contribution is 1.90. The summed E-state index contributed by atoms with van der Waals surface area (Å²) in [6.07, 6.45) is 7.28. The molecule has 0 heterocycles. The van der Waals surface area contributed by atoms with Gasteiger partial charge in [0.15, 0.2) is 0 Å². The van der Waals surface area contributed by atoms with Gasteiger partial charge < -0.3 is 10.2 Å². The molecule has 0 amide bonds. The second-order valence-electron chi connectivity index (χ2n) is 3.57. The Morgan fingerprint density at radius 1 is 0.833 bits per heavy atom. The predicted octanol–water partition coefficient (Wildman–Crippen LogP) is 3.26. The quantitative estimate of drug-likeness (QED) is 0.707. The fourth-order valence-electron chi connectivity index (χ4n) is 0.622. The first-order chi connectivity index (χ1) is 8.45. The van der Waals surface area contributed by atoms with Gasteiger partial charge in [-0.15, -0.1) is 18.5 Å². The number of carboxylic acids is 2. The molecule has 6 heteroatoms. The van der Waals surface area contributed by atoms with Crippen molar-refractivity contribution < 1.29 is 19.8 Å². The molecule has 18 heavy (non-hydrogen) atoms. The molecule has 0 aliphatic rings. The summed E-state index contributed by atoms with van der Waals surface area (Å²) in [5, 5.41) is 15.8. The van der Waals surface area contributed by atoms with Crippen molar-refractivity contribution in [1.29, 1.82) is 0 Å². The van der Waals surface area contributed by atoms with Gasteiger partial charge in [0.2, 0.25) is 0 Å². The zero-order valence-corrected chi connectivity index (χ0v) is 13.8. The van der Waals surface area contributed by atoms with Crippen molar-refractivity contribution in [1.82, 2.24) is 0 Å². The molecular formula is C12H28O4P2. The molecule has 2 atom stereocenters. The Bertz CT molecular complexity index is 163. The molecule has 0 aliphatic heterocycles. The van der Waals surface area contributed by atoms with Crippen molar-refractivity contribution in [2.24, 2.45) is 0 Å². The van der Waals surface area contributed by atoms with E-state index in [0.29, 0.717) is 0 Å².